The molecule has 2 aliphatic rings. The quantitative estimate of drug-likeness (QED) is 0.755. The Kier molecular flexibility index (Phi) is 4.34. The number of ether oxygens (including phenoxy) is 1. The molecule has 2 aromatic rings. The Morgan fingerprint density at radius 2 is 1.96 bits per heavy atom. The Morgan fingerprint density at radius 3 is 2.63 bits per heavy atom. The normalized spacial score (nSPS) is 16.0. The van der Waals surface area contributed by atoms with Gasteiger partial charge in [0.15, 0.2) is 6.61 Å². The van der Waals surface area contributed by atoms with E-state index in [4.69, 9.17) is 16.3 Å². The van der Waals surface area contributed by atoms with Crippen LogP contribution in [0.5, 0.6) is 5.75 Å². The third-order valence-corrected chi connectivity index (χ3v) is 5.24. The average molecular weight is 392 g/mol. The van der Waals surface area contributed by atoms with Crippen molar-refractivity contribution in [2.45, 2.75) is 32.9 Å². The van der Waals surface area contributed by atoms with E-state index in [9.17, 15) is 14.0 Å². The van der Waals surface area contributed by atoms with Gasteiger partial charge in [0.25, 0.3) is 11.5 Å². The molecule has 4 rings (SSSR count). The highest BCUT2D eigenvalue weighted by Crippen LogP contribution is 2.39. The molecule has 0 N–H and O–H groups in total. The SMILES string of the molecule is C=C(C)CN1C(=O)COc2cc(F)c(-c3c(Cl)n4n(c3=O)CCCC4)cc21. The van der Waals surface area contributed by atoms with Crippen LogP contribution in [0.2, 0.25) is 5.15 Å². The zero-order valence-electron chi connectivity index (χ0n) is 14.9. The number of nitrogens with zero attached hydrogens (tertiary/aromatic N) is 3. The van der Waals surface area contributed by atoms with Gasteiger partial charge in [0.2, 0.25) is 0 Å². The van der Waals surface area contributed by atoms with E-state index in [1.807, 2.05) is 0 Å². The molecule has 1 aromatic carbocycles. The molecule has 0 saturated carbocycles. The summed E-state index contributed by atoms with van der Waals surface area (Å²) in [4.78, 5) is 26.6. The molecule has 1 amide bonds. The Morgan fingerprint density at radius 1 is 1.26 bits per heavy atom. The van der Waals surface area contributed by atoms with Gasteiger partial charge in [0.1, 0.15) is 16.7 Å². The van der Waals surface area contributed by atoms with Crippen molar-refractivity contribution in [3.8, 4) is 16.9 Å². The van der Waals surface area contributed by atoms with Crippen molar-refractivity contribution in [3.63, 3.8) is 0 Å². The lowest BCUT2D eigenvalue weighted by Crippen LogP contribution is -2.39. The third kappa shape index (κ3) is 2.86. The minimum absolute atomic E-state index is 0.0724. The molecule has 3 heterocycles. The van der Waals surface area contributed by atoms with Crippen LogP contribution in [0.1, 0.15) is 19.8 Å². The Bertz CT molecular complexity index is 1020. The summed E-state index contributed by atoms with van der Waals surface area (Å²) in [6.45, 7) is 6.94. The van der Waals surface area contributed by atoms with Crippen LogP contribution in [0.15, 0.2) is 29.1 Å². The van der Waals surface area contributed by atoms with Gasteiger partial charge in [-0.15, -0.1) is 0 Å². The molecule has 27 heavy (non-hydrogen) atoms. The first kappa shape index (κ1) is 17.9. The van der Waals surface area contributed by atoms with Crippen molar-refractivity contribution in [1.29, 1.82) is 0 Å². The van der Waals surface area contributed by atoms with Crippen LogP contribution < -0.4 is 15.2 Å². The number of amides is 1. The van der Waals surface area contributed by atoms with Gasteiger partial charge in [-0.25, -0.2) is 9.07 Å². The number of carbonyl (C=O) groups excluding carboxylic acids is 1. The molecule has 2 aliphatic heterocycles. The molecule has 0 spiro atoms. The van der Waals surface area contributed by atoms with Gasteiger partial charge in [0.05, 0.1) is 11.3 Å². The van der Waals surface area contributed by atoms with Gasteiger partial charge in [-0.1, -0.05) is 23.8 Å². The zero-order valence-corrected chi connectivity index (χ0v) is 15.7. The molecule has 0 bridgehead atoms. The van der Waals surface area contributed by atoms with Gasteiger partial charge in [-0.3, -0.25) is 14.3 Å². The summed E-state index contributed by atoms with van der Waals surface area (Å²) in [6, 6.07) is 2.68. The summed E-state index contributed by atoms with van der Waals surface area (Å²) in [5.41, 5.74) is 1.05. The summed E-state index contributed by atoms with van der Waals surface area (Å²) in [6.07, 6.45) is 1.79. The van der Waals surface area contributed by atoms with Crippen molar-refractivity contribution < 1.29 is 13.9 Å². The van der Waals surface area contributed by atoms with Crippen LogP contribution in [0.3, 0.4) is 0 Å². The summed E-state index contributed by atoms with van der Waals surface area (Å²) in [5.74, 6) is -0.597. The van der Waals surface area contributed by atoms with Gasteiger partial charge in [-0.05, 0) is 25.8 Å². The Balaban J connectivity index is 1.90. The van der Waals surface area contributed by atoms with Crippen LogP contribution in [0.25, 0.3) is 11.1 Å². The lowest BCUT2D eigenvalue weighted by molar-refractivity contribution is -0.121. The van der Waals surface area contributed by atoms with Crippen molar-refractivity contribution in [3.05, 3.63) is 45.6 Å². The number of fused-ring (bicyclic) bond motifs is 2. The minimum atomic E-state index is -0.610. The molecule has 0 saturated heterocycles. The van der Waals surface area contributed by atoms with E-state index in [1.54, 1.807) is 16.3 Å². The maximum atomic E-state index is 14.9. The highest BCUT2D eigenvalue weighted by atomic mass is 35.5. The molecule has 8 heteroatoms. The van der Waals surface area contributed by atoms with Crippen molar-refractivity contribution in [1.82, 2.24) is 9.36 Å². The number of halogens is 2. The van der Waals surface area contributed by atoms with Crippen molar-refractivity contribution in [2.24, 2.45) is 0 Å². The molecule has 6 nitrogen and oxygen atoms in total. The van der Waals surface area contributed by atoms with Crippen LogP contribution in [0, 0.1) is 5.82 Å². The van der Waals surface area contributed by atoms with Crippen LogP contribution in [-0.4, -0.2) is 28.4 Å². The number of aromatic nitrogens is 2. The fraction of sp³-hybridized carbons (Fsp3) is 0.368. The summed E-state index contributed by atoms with van der Waals surface area (Å²) in [5, 5.41) is 0.216. The predicted octanol–water partition coefficient (Wildman–Crippen LogP) is 3.20. The van der Waals surface area contributed by atoms with E-state index in [0.29, 0.717) is 25.3 Å². The average Bonchev–Trinajstić information content (AvgIpc) is 2.88. The number of benzene rings is 1. The van der Waals surface area contributed by atoms with E-state index in [-0.39, 0.29) is 40.1 Å². The zero-order chi connectivity index (χ0) is 19.3. The second-order valence-electron chi connectivity index (χ2n) is 6.95. The standard InChI is InChI=1S/C19H19ClFN3O3/c1-11(2)9-22-14-7-12(13(21)8-15(14)27-10-16(22)25)17-18(20)23-5-3-4-6-24(23)19(17)26/h7-8H,1,3-6,9-10H2,2H3. The molecular weight excluding hydrogens is 373 g/mol. The van der Waals surface area contributed by atoms with Gasteiger partial charge in [-0.2, -0.15) is 0 Å². The van der Waals surface area contributed by atoms with Gasteiger partial charge >= 0.3 is 0 Å². The van der Waals surface area contributed by atoms with Crippen molar-refractivity contribution >= 4 is 23.2 Å². The van der Waals surface area contributed by atoms with Crippen LogP contribution in [-0.2, 0) is 17.9 Å². The third-order valence-electron chi connectivity index (χ3n) is 4.85. The molecule has 0 aliphatic carbocycles. The molecular formula is C19H19ClFN3O3. The second kappa shape index (κ2) is 6.56. The summed E-state index contributed by atoms with van der Waals surface area (Å²) in [7, 11) is 0. The number of rotatable bonds is 3. The first-order valence-electron chi connectivity index (χ1n) is 8.79. The van der Waals surface area contributed by atoms with E-state index in [2.05, 4.69) is 6.58 Å². The van der Waals surface area contributed by atoms with Gasteiger partial charge < -0.3 is 9.64 Å². The monoisotopic (exact) mass is 391 g/mol. The highest BCUT2D eigenvalue weighted by Gasteiger charge is 2.30. The molecule has 0 radical (unpaired) electrons. The Labute approximate surface area is 160 Å². The maximum absolute atomic E-state index is 14.9. The van der Waals surface area contributed by atoms with Crippen molar-refractivity contribution in [2.75, 3.05) is 18.1 Å². The first-order valence-corrected chi connectivity index (χ1v) is 9.17. The summed E-state index contributed by atoms with van der Waals surface area (Å²) >= 11 is 6.44. The maximum Gasteiger partial charge on any atom is 0.276 e. The fourth-order valence-corrected chi connectivity index (χ4v) is 3.97. The second-order valence-corrected chi connectivity index (χ2v) is 7.31. The number of hydrogen-bond donors (Lipinski definition) is 0. The number of carbonyl (C=O) groups is 1. The highest BCUT2D eigenvalue weighted by molar-refractivity contribution is 6.32. The largest absolute Gasteiger partial charge is 0.481 e. The molecule has 0 unspecified atom stereocenters. The molecule has 0 atom stereocenters. The lowest BCUT2D eigenvalue weighted by Gasteiger charge is -2.30. The van der Waals surface area contributed by atoms with E-state index in [0.717, 1.165) is 18.4 Å². The smallest absolute Gasteiger partial charge is 0.276 e. The van der Waals surface area contributed by atoms with Crippen LogP contribution in [0.4, 0.5) is 10.1 Å². The molecule has 1 aromatic heterocycles. The number of hydrogen-bond acceptors (Lipinski definition) is 3. The number of anilines is 1. The lowest BCUT2D eigenvalue weighted by atomic mass is 10.1. The Hall–Kier alpha value is -2.54. The minimum Gasteiger partial charge on any atom is -0.481 e. The fourth-order valence-electron chi connectivity index (χ4n) is 3.61. The van der Waals surface area contributed by atoms with Crippen LogP contribution >= 0.6 is 11.6 Å². The first-order chi connectivity index (χ1) is 12.9. The van der Waals surface area contributed by atoms with E-state index >= 15 is 0 Å². The van der Waals surface area contributed by atoms with E-state index < -0.39 is 5.82 Å². The topological polar surface area (TPSA) is 56.5 Å². The van der Waals surface area contributed by atoms with E-state index in [1.165, 1.54) is 17.0 Å². The van der Waals surface area contributed by atoms with Gasteiger partial charge in [0, 0.05) is 31.3 Å². The molecule has 0 fully saturated rings. The molecule has 142 valence electrons. The predicted molar refractivity (Wildman–Crippen MR) is 101 cm³/mol. The summed E-state index contributed by atoms with van der Waals surface area (Å²) < 4.78 is 23.5.